The molecule has 2 heterocycles. The van der Waals surface area contributed by atoms with E-state index in [1.54, 1.807) is 16.6 Å². The Bertz CT molecular complexity index is 1190. The Morgan fingerprint density at radius 2 is 1.79 bits per heavy atom. The van der Waals surface area contributed by atoms with E-state index in [-0.39, 0.29) is 30.5 Å². The zero-order valence-electron chi connectivity index (χ0n) is 14.9. The predicted molar refractivity (Wildman–Crippen MR) is 110 cm³/mol. The van der Waals surface area contributed by atoms with Crippen LogP contribution in [0.1, 0.15) is 23.2 Å². The van der Waals surface area contributed by atoms with Gasteiger partial charge in [-0.1, -0.05) is 23.7 Å². The highest BCUT2D eigenvalue weighted by Gasteiger charge is 2.15. The molecule has 0 saturated heterocycles. The van der Waals surface area contributed by atoms with E-state index in [1.165, 1.54) is 35.6 Å². The molecule has 1 amide bonds. The molecule has 1 N–H and O–H groups in total. The standard InChI is InChI=1S/C20H14ClFN4O2S/c21-14-5-1-12(2-6-14)16-11-29-20-24-19(25-26(16)20)23-18(28)10-9-17(27)13-3-7-15(22)8-4-13/h1-8,11H,9-10H2,(H,23,25,28). The highest BCUT2D eigenvalue weighted by molar-refractivity contribution is 7.15. The van der Waals surface area contributed by atoms with Crippen LogP contribution in [0.5, 0.6) is 0 Å². The van der Waals surface area contributed by atoms with Crippen molar-refractivity contribution in [2.45, 2.75) is 12.8 Å². The lowest BCUT2D eigenvalue weighted by Crippen LogP contribution is -2.14. The number of fused-ring (bicyclic) bond motifs is 1. The molecule has 0 radical (unpaired) electrons. The van der Waals surface area contributed by atoms with E-state index < -0.39 is 5.82 Å². The first-order valence-electron chi connectivity index (χ1n) is 8.68. The van der Waals surface area contributed by atoms with E-state index in [9.17, 15) is 14.0 Å². The lowest BCUT2D eigenvalue weighted by molar-refractivity contribution is -0.116. The van der Waals surface area contributed by atoms with E-state index in [0.717, 1.165) is 11.3 Å². The van der Waals surface area contributed by atoms with Crippen LogP contribution in [-0.2, 0) is 4.79 Å². The highest BCUT2D eigenvalue weighted by atomic mass is 35.5. The second-order valence-electron chi connectivity index (χ2n) is 6.24. The van der Waals surface area contributed by atoms with Crippen LogP contribution < -0.4 is 5.32 Å². The molecule has 0 aliphatic rings. The molecule has 0 aliphatic carbocycles. The van der Waals surface area contributed by atoms with Gasteiger partial charge in [-0.3, -0.25) is 14.9 Å². The summed E-state index contributed by atoms with van der Waals surface area (Å²) in [7, 11) is 0. The topological polar surface area (TPSA) is 76.4 Å². The molecule has 0 unspecified atom stereocenters. The number of hydrogen-bond donors (Lipinski definition) is 1. The summed E-state index contributed by atoms with van der Waals surface area (Å²) in [5.41, 5.74) is 2.13. The first kappa shape index (κ1) is 19.2. The second-order valence-corrected chi connectivity index (χ2v) is 7.51. The molecule has 0 atom stereocenters. The van der Waals surface area contributed by atoms with Crippen LogP contribution in [0.3, 0.4) is 0 Å². The number of aromatic nitrogens is 3. The molecule has 146 valence electrons. The maximum atomic E-state index is 12.9. The normalized spacial score (nSPS) is 11.0. The van der Waals surface area contributed by atoms with Crippen molar-refractivity contribution in [3.63, 3.8) is 0 Å². The van der Waals surface area contributed by atoms with E-state index in [4.69, 9.17) is 11.6 Å². The number of Topliss-reactive ketones (excluding diaryl/α,β-unsaturated/α-hetero) is 1. The summed E-state index contributed by atoms with van der Waals surface area (Å²) in [5.74, 6) is -0.843. The van der Waals surface area contributed by atoms with Crippen molar-refractivity contribution in [1.29, 1.82) is 0 Å². The monoisotopic (exact) mass is 428 g/mol. The third-order valence-electron chi connectivity index (χ3n) is 4.22. The van der Waals surface area contributed by atoms with Gasteiger partial charge in [0.25, 0.3) is 0 Å². The lowest BCUT2D eigenvalue weighted by Gasteiger charge is -2.02. The molecule has 2 aromatic carbocycles. The number of thiazole rings is 1. The summed E-state index contributed by atoms with van der Waals surface area (Å²) in [4.78, 5) is 29.2. The van der Waals surface area contributed by atoms with Gasteiger partial charge in [-0.25, -0.2) is 8.91 Å². The van der Waals surface area contributed by atoms with E-state index in [1.807, 2.05) is 17.5 Å². The number of carbonyl (C=O) groups is 2. The van der Waals surface area contributed by atoms with Crippen LogP contribution in [0.2, 0.25) is 5.02 Å². The number of nitrogens with one attached hydrogen (secondary N) is 1. The SMILES string of the molecule is O=C(CCC(=O)c1ccc(F)cc1)Nc1nc2scc(-c3ccc(Cl)cc3)n2n1. The van der Waals surface area contributed by atoms with Gasteiger partial charge >= 0.3 is 0 Å². The highest BCUT2D eigenvalue weighted by Crippen LogP contribution is 2.27. The third kappa shape index (κ3) is 4.33. The number of benzene rings is 2. The Balaban J connectivity index is 1.41. The van der Waals surface area contributed by atoms with Crippen molar-refractivity contribution < 1.29 is 14.0 Å². The van der Waals surface area contributed by atoms with Gasteiger partial charge in [-0.05, 0) is 36.4 Å². The molecule has 4 rings (SSSR count). The molecule has 2 aromatic heterocycles. The second kappa shape index (κ2) is 8.10. The summed E-state index contributed by atoms with van der Waals surface area (Å²) in [5, 5.41) is 9.51. The van der Waals surface area contributed by atoms with Gasteiger partial charge in [0.05, 0.1) is 5.69 Å². The maximum absolute atomic E-state index is 12.9. The van der Waals surface area contributed by atoms with Crippen molar-refractivity contribution in [2.75, 3.05) is 5.32 Å². The van der Waals surface area contributed by atoms with Crippen LogP contribution in [0.15, 0.2) is 53.9 Å². The smallest absolute Gasteiger partial charge is 0.250 e. The number of rotatable bonds is 6. The quantitative estimate of drug-likeness (QED) is 0.445. The average Bonchev–Trinajstić information content (AvgIpc) is 3.27. The molecule has 29 heavy (non-hydrogen) atoms. The first-order valence-corrected chi connectivity index (χ1v) is 9.94. The molecule has 4 aromatic rings. The Morgan fingerprint density at radius 3 is 2.52 bits per heavy atom. The largest absolute Gasteiger partial charge is 0.294 e. The zero-order valence-corrected chi connectivity index (χ0v) is 16.5. The van der Waals surface area contributed by atoms with Crippen molar-refractivity contribution in [1.82, 2.24) is 14.6 Å². The minimum Gasteiger partial charge on any atom is -0.294 e. The van der Waals surface area contributed by atoms with Crippen molar-refractivity contribution in [2.24, 2.45) is 0 Å². The minimum absolute atomic E-state index is 0.00963. The number of anilines is 1. The molecule has 0 aliphatic heterocycles. The summed E-state index contributed by atoms with van der Waals surface area (Å²) >= 11 is 7.33. The van der Waals surface area contributed by atoms with Crippen LogP contribution in [0.4, 0.5) is 10.3 Å². The van der Waals surface area contributed by atoms with Gasteiger partial charge in [-0.15, -0.1) is 16.4 Å². The first-order chi connectivity index (χ1) is 14.0. The predicted octanol–water partition coefficient (Wildman–Crippen LogP) is 4.85. The average molecular weight is 429 g/mol. The number of hydrogen-bond acceptors (Lipinski definition) is 5. The molecule has 6 nitrogen and oxygen atoms in total. The third-order valence-corrected chi connectivity index (χ3v) is 5.29. The fraction of sp³-hybridized carbons (Fsp3) is 0.100. The van der Waals surface area contributed by atoms with Gasteiger partial charge < -0.3 is 0 Å². The molecular formula is C20H14ClFN4O2S. The summed E-state index contributed by atoms with van der Waals surface area (Å²) in [6, 6.07) is 12.6. The van der Waals surface area contributed by atoms with Gasteiger partial charge in [-0.2, -0.15) is 4.98 Å². The van der Waals surface area contributed by atoms with E-state index in [0.29, 0.717) is 15.5 Å². The number of nitrogens with zero attached hydrogens (tertiary/aromatic N) is 3. The van der Waals surface area contributed by atoms with Crippen LogP contribution >= 0.6 is 22.9 Å². The van der Waals surface area contributed by atoms with Gasteiger partial charge in [0.15, 0.2) is 5.78 Å². The molecule has 0 saturated carbocycles. The summed E-state index contributed by atoms with van der Waals surface area (Å²) in [6.45, 7) is 0. The van der Waals surface area contributed by atoms with Gasteiger partial charge in [0, 0.05) is 34.4 Å². The molecule has 0 spiro atoms. The van der Waals surface area contributed by atoms with Crippen molar-refractivity contribution in [3.05, 3.63) is 70.3 Å². The van der Waals surface area contributed by atoms with Crippen molar-refractivity contribution in [3.8, 4) is 11.3 Å². The lowest BCUT2D eigenvalue weighted by atomic mass is 10.1. The summed E-state index contributed by atoms with van der Waals surface area (Å²) in [6.07, 6.45) is -0.0111. The zero-order chi connectivity index (χ0) is 20.4. The van der Waals surface area contributed by atoms with Gasteiger partial charge in [0.1, 0.15) is 5.82 Å². The van der Waals surface area contributed by atoms with E-state index >= 15 is 0 Å². The summed E-state index contributed by atoms with van der Waals surface area (Å²) < 4.78 is 14.6. The van der Waals surface area contributed by atoms with Gasteiger partial charge in [0.2, 0.25) is 16.8 Å². The number of ketones is 1. The maximum Gasteiger partial charge on any atom is 0.250 e. The molecular weight excluding hydrogens is 415 g/mol. The Hall–Kier alpha value is -3.10. The van der Waals surface area contributed by atoms with E-state index in [2.05, 4.69) is 15.4 Å². The minimum atomic E-state index is -0.414. The number of carbonyl (C=O) groups excluding carboxylic acids is 2. The molecule has 0 bridgehead atoms. The fourth-order valence-corrected chi connectivity index (χ4v) is 3.70. The van der Waals surface area contributed by atoms with Crippen LogP contribution in [0, 0.1) is 5.82 Å². The Labute approximate surface area is 174 Å². The fourth-order valence-electron chi connectivity index (χ4n) is 2.75. The molecule has 9 heteroatoms. The van der Waals surface area contributed by atoms with Crippen LogP contribution in [0.25, 0.3) is 16.2 Å². The Kier molecular flexibility index (Phi) is 5.37. The van der Waals surface area contributed by atoms with Crippen LogP contribution in [-0.4, -0.2) is 26.3 Å². The number of halogens is 2. The number of amides is 1. The van der Waals surface area contributed by atoms with Crippen molar-refractivity contribution >= 4 is 45.5 Å². The Morgan fingerprint density at radius 1 is 1.07 bits per heavy atom. The molecule has 0 fully saturated rings.